The molecule has 4 aromatic rings. The van der Waals surface area contributed by atoms with E-state index >= 15 is 0 Å². The van der Waals surface area contributed by atoms with Crippen molar-refractivity contribution in [3.63, 3.8) is 0 Å². The highest BCUT2D eigenvalue weighted by Crippen LogP contribution is 2.41. The maximum atomic E-state index is 14.1. The number of nitrogens with two attached hydrogens (primary N) is 1. The molecule has 12 heteroatoms. The van der Waals surface area contributed by atoms with Gasteiger partial charge in [0.1, 0.15) is 22.8 Å². The highest BCUT2D eigenvalue weighted by molar-refractivity contribution is 5.94. The van der Waals surface area contributed by atoms with Gasteiger partial charge in [-0.15, -0.1) is 0 Å². The molecule has 196 valence electrons. The first kappa shape index (κ1) is 25.3. The summed E-state index contributed by atoms with van der Waals surface area (Å²) in [6, 6.07) is 3.27. The molecule has 1 aliphatic rings. The third kappa shape index (κ3) is 4.49. The number of nitrogens with one attached hydrogen (secondary N) is 2. The number of halogens is 3. The average Bonchev–Trinajstić information content (AvgIpc) is 3.55. The van der Waals surface area contributed by atoms with Crippen LogP contribution >= 0.6 is 0 Å². The number of aromatic amines is 1. The summed E-state index contributed by atoms with van der Waals surface area (Å²) < 4.78 is 52.6. The Bertz CT molecular complexity index is 1410. The molecule has 0 amide bonds. The molecule has 1 fully saturated rings. The van der Waals surface area contributed by atoms with Crippen molar-refractivity contribution in [3.8, 4) is 22.5 Å². The normalized spacial score (nSPS) is 20.2. The molecule has 4 N–H and O–H groups in total. The van der Waals surface area contributed by atoms with Crippen LogP contribution in [0.1, 0.15) is 42.1 Å². The number of aromatic nitrogens is 5. The topological polar surface area (TPSA) is 128 Å². The molecule has 5 rings (SSSR count). The summed E-state index contributed by atoms with van der Waals surface area (Å²) in [5.41, 5.74) is 7.31. The molecule has 4 heterocycles. The van der Waals surface area contributed by atoms with E-state index in [-0.39, 0.29) is 23.1 Å². The van der Waals surface area contributed by atoms with Crippen LogP contribution in [0.2, 0.25) is 0 Å². The zero-order valence-electron chi connectivity index (χ0n) is 20.7. The van der Waals surface area contributed by atoms with E-state index < -0.39 is 17.3 Å². The SMILES string of the molecule is COCCNC1CCCC1(N)c1ncc(C(F)(F)F)c(-c2c[nH]c3nc(-c4c(C)noc4C)ccc23)n1. The van der Waals surface area contributed by atoms with Gasteiger partial charge in [0, 0.05) is 43.0 Å². The van der Waals surface area contributed by atoms with Crippen LogP contribution in [-0.4, -0.2) is 51.4 Å². The fourth-order valence-corrected chi connectivity index (χ4v) is 5.13. The third-order valence-electron chi connectivity index (χ3n) is 7.00. The van der Waals surface area contributed by atoms with E-state index in [4.69, 9.17) is 15.0 Å². The first-order valence-electron chi connectivity index (χ1n) is 12.0. The lowest BCUT2D eigenvalue weighted by atomic mass is 9.92. The molecule has 0 aromatic carbocycles. The summed E-state index contributed by atoms with van der Waals surface area (Å²) in [7, 11) is 1.60. The second-order valence-electron chi connectivity index (χ2n) is 9.38. The molecule has 1 aliphatic carbocycles. The molecular weight excluding hydrogens is 487 g/mol. The highest BCUT2D eigenvalue weighted by Gasteiger charge is 2.45. The monoisotopic (exact) mass is 515 g/mol. The van der Waals surface area contributed by atoms with Crippen molar-refractivity contribution < 1.29 is 22.4 Å². The number of pyridine rings is 1. The van der Waals surface area contributed by atoms with Crippen LogP contribution in [-0.2, 0) is 16.5 Å². The predicted octanol–water partition coefficient (Wildman–Crippen LogP) is 4.25. The number of aryl methyl sites for hydroxylation is 2. The second-order valence-corrected chi connectivity index (χ2v) is 9.38. The molecule has 2 atom stereocenters. The van der Waals surface area contributed by atoms with Gasteiger partial charge in [-0.1, -0.05) is 5.16 Å². The van der Waals surface area contributed by atoms with Crippen LogP contribution in [0.25, 0.3) is 33.5 Å². The molecule has 0 saturated heterocycles. The van der Waals surface area contributed by atoms with Crippen LogP contribution in [0.15, 0.2) is 29.0 Å². The van der Waals surface area contributed by atoms with Crippen molar-refractivity contribution in [1.82, 2.24) is 30.4 Å². The summed E-state index contributed by atoms with van der Waals surface area (Å²) >= 11 is 0. The molecule has 9 nitrogen and oxygen atoms in total. The molecule has 1 saturated carbocycles. The largest absolute Gasteiger partial charge is 0.419 e. The fraction of sp³-hybridized carbons (Fsp3) is 0.440. The van der Waals surface area contributed by atoms with Crippen LogP contribution in [0.3, 0.4) is 0 Å². The molecule has 0 radical (unpaired) electrons. The van der Waals surface area contributed by atoms with E-state index in [1.807, 2.05) is 0 Å². The van der Waals surface area contributed by atoms with Gasteiger partial charge < -0.3 is 25.3 Å². The Labute approximate surface area is 211 Å². The quantitative estimate of drug-likeness (QED) is 0.312. The van der Waals surface area contributed by atoms with Crippen LogP contribution in [0, 0.1) is 13.8 Å². The first-order valence-corrected chi connectivity index (χ1v) is 12.0. The average molecular weight is 516 g/mol. The Hall–Kier alpha value is -3.35. The van der Waals surface area contributed by atoms with Crippen LogP contribution in [0.4, 0.5) is 13.2 Å². The number of rotatable bonds is 7. The van der Waals surface area contributed by atoms with Crippen LogP contribution < -0.4 is 11.1 Å². The summed E-state index contributed by atoms with van der Waals surface area (Å²) in [5, 5.41) is 7.80. The van der Waals surface area contributed by atoms with Crippen molar-refractivity contribution in [2.45, 2.75) is 50.9 Å². The van der Waals surface area contributed by atoms with Gasteiger partial charge in [0.2, 0.25) is 0 Å². The Morgan fingerprint density at radius 2 is 2.08 bits per heavy atom. The number of ether oxygens (including phenoxy) is 1. The number of hydrogen-bond acceptors (Lipinski definition) is 8. The van der Waals surface area contributed by atoms with Gasteiger partial charge in [-0.2, -0.15) is 13.2 Å². The Morgan fingerprint density at radius 3 is 2.78 bits per heavy atom. The highest BCUT2D eigenvalue weighted by atomic mass is 19.4. The Morgan fingerprint density at radius 1 is 1.27 bits per heavy atom. The van der Waals surface area contributed by atoms with Gasteiger partial charge in [0.15, 0.2) is 0 Å². The maximum Gasteiger partial charge on any atom is 0.419 e. The van der Waals surface area contributed by atoms with Gasteiger partial charge in [-0.05, 0) is 45.2 Å². The van der Waals surface area contributed by atoms with Gasteiger partial charge in [-0.25, -0.2) is 15.0 Å². The van der Waals surface area contributed by atoms with E-state index in [9.17, 15) is 13.2 Å². The smallest absolute Gasteiger partial charge is 0.383 e. The fourth-order valence-electron chi connectivity index (χ4n) is 5.13. The minimum absolute atomic E-state index is 0.178. The Balaban J connectivity index is 1.60. The van der Waals surface area contributed by atoms with Crippen molar-refractivity contribution >= 4 is 11.0 Å². The zero-order valence-corrected chi connectivity index (χ0v) is 20.7. The zero-order chi connectivity index (χ0) is 26.4. The number of nitrogens with zero attached hydrogens (tertiary/aromatic N) is 4. The van der Waals surface area contributed by atoms with Gasteiger partial charge in [-0.3, -0.25) is 0 Å². The lowest BCUT2D eigenvalue weighted by Gasteiger charge is -2.31. The van der Waals surface area contributed by atoms with E-state index in [2.05, 4.69) is 30.4 Å². The maximum absolute atomic E-state index is 14.1. The summed E-state index contributed by atoms with van der Waals surface area (Å²) in [5.74, 6) is 0.784. The minimum atomic E-state index is -4.66. The van der Waals surface area contributed by atoms with Crippen molar-refractivity contribution in [2.75, 3.05) is 20.3 Å². The van der Waals surface area contributed by atoms with E-state index in [0.29, 0.717) is 47.8 Å². The predicted molar refractivity (Wildman–Crippen MR) is 130 cm³/mol. The molecule has 37 heavy (non-hydrogen) atoms. The lowest BCUT2D eigenvalue weighted by Crippen LogP contribution is -2.52. The van der Waals surface area contributed by atoms with Gasteiger partial charge in [0.25, 0.3) is 0 Å². The summed E-state index contributed by atoms with van der Waals surface area (Å²) in [6.45, 7) is 4.64. The molecule has 0 spiro atoms. The number of methoxy groups -OCH3 is 1. The number of H-pyrrole nitrogens is 1. The molecular formula is C25H28F3N7O2. The Kier molecular flexibility index (Phi) is 6.50. The number of fused-ring (bicyclic) bond motifs is 1. The summed E-state index contributed by atoms with van der Waals surface area (Å²) in [4.78, 5) is 16.2. The number of hydrogen-bond donors (Lipinski definition) is 3. The third-order valence-corrected chi connectivity index (χ3v) is 7.00. The molecule has 4 aromatic heterocycles. The molecule has 0 bridgehead atoms. The molecule has 0 aliphatic heterocycles. The minimum Gasteiger partial charge on any atom is -0.383 e. The molecule has 2 unspecified atom stereocenters. The standard InChI is InChI=1S/C25H28F3N7O2/c1-13-20(14(2)37-35-13)18-7-6-15-16(11-31-22(15)33-18)21-17(25(26,27)28)12-32-23(34-21)24(29)8-4-5-19(24)30-9-10-36-3/h6-7,11-12,19,30H,4-5,8-10,29H2,1-3H3,(H,31,33). The van der Waals surface area contributed by atoms with Crippen molar-refractivity contribution in [1.29, 1.82) is 0 Å². The van der Waals surface area contributed by atoms with Gasteiger partial charge >= 0.3 is 6.18 Å². The van der Waals surface area contributed by atoms with Crippen LogP contribution in [0.5, 0.6) is 0 Å². The first-order chi connectivity index (χ1) is 17.6. The van der Waals surface area contributed by atoms with E-state index in [0.717, 1.165) is 24.6 Å². The van der Waals surface area contributed by atoms with Crippen molar-refractivity contribution in [3.05, 3.63) is 47.4 Å². The van der Waals surface area contributed by atoms with E-state index in [1.165, 1.54) is 6.20 Å². The number of alkyl halides is 3. The lowest BCUT2D eigenvalue weighted by molar-refractivity contribution is -0.137. The van der Waals surface area contributed by atoms with E-state index in [1.54, 1.807) is 33.1 Å². The van der Waals surface area contributed by atoms with Gasteiger partial charge in [0.05, 0.1) is 34.8 Å². The second kappa shape index (κ2) is 9.51. The summed E-state index contributed by atoms with van der Waals surface area (Å²) in [6.07, 6.45) is -0.207. The van der Waals surface area contributed by atoms with Crippen molar-refractivity contribution in [2.24, 2.45) is 5.73 Å².